The molecule has 0 atom stereocenters. The van der Waals surface area contributed by atoms with Gasteiger partial charge in [0.05, 0.1) is 0 Å². The van der Waals surface area contributed by atoms with Crippen molar-refractivity contribution in [1.82, 2.24) is 5.32 Å². The minimum Gasteiger partial charge on any atom is -0.322 e. The molecule has 146 valence electrons. The molecule has 2 nitrogen and oxygen atoms in total. The SMILES string of the molecule is CC(C)(C)C(=O)NC[P+](c1ccccc1)(c1ccccc1)c1ccccc1.Cl. The summed E-state index contributed by atoms with van der Waals surface area (Å²) in [6.45, 7) is 5.86. The van der Waals surface area contributed by atoms with Gasteiger partial charge < -0.3 is 5.32 Å². The molecule has 0 unspecified atom stereocenters. The van der Waals surface area contributed by atoms with E-state index < -0.39 is 12.7 Å². The zero-order valence-corrected chi connectivity index (χ0v) is 18.3. The van der Waals surface area contributed by atoms with Crippen molar-refractivity contribution in [2.24, 2.45) is 5.41 Å². The third-order valence-corrected chi connectivity index (χ3v) is 8.92. The Morgan fingerprint density at radius 1 is 0.714 bits per heavy atom. The number of carbonyl (C=O) groups excluding carboxylic acids is 1. The quantitative estimate of drug-likeness (QED) is 0.613. The second-order valence-corrected chi connectivity index (χ2v) is 11.2. The van der Waals surface area contributed by atoms with E-state index in [2.05, 4.69) is 78.1 Å². The van der Waals surface area contributed by atoms with E-state index >= 15 is 0 Å². The molecule has 0 saturated carbocycles. The fraction of sp³-hybridized carbons (Fsp3) is 0.208. The Kier molecular flexibility index (Phi) is 7.41. The van der Waals surface area contributed by atoms with Crippen LogP contribution in [-0.4, -0.2) is 12.2 Å². The van der Waals surface area contributed by atoms with E-state index in [0.717, 1.165) is 0 Å². The van der Waals surface area contributed by atoms with Gasteiger partial charge >= 0.3 is 0 Å². The number of hydrogen-bond acceptors (Lipinski definition) is 1. The van der Waals surface area contributed by atoms with Crippen LogP contribution >= 0.6 is 19.7 Å². The number of carbonyl (C=O) groups is 1. The van der Waals surface area contributed by atoms with Gasteiger partial charge in [-0.2, -0.15) is 0 Å². The van der Waals surface area contributed by atoms with Crippen LogP contribution in [0.5, 0.6) is 0 Å². The molecule has 0 aliphatic carbocycles. The Morgan fingerprint density at radius 2 is 1.04 bits per heavy atom. The van der Waals surface area contributed by atoms with Crippen molar-refractivity contribution < 1.29 is 4.79 Å². The fourth-order valence-electron chi connectivity index (χ4n) is 3.22. The van der Waals surface area contributed by atoms with E-state index in [1.165, 1.54) is 15.9 Å². The Labute approximate surface area is 175 Å². The largest absolute Gasteiger partial charge is 0.322 e. The summed E-state index contributed by atoms with van der Waals surface area (Å²) in [5.74, 6) is 0.0784. The summed E-state index contributed by atoms with van der Waals surface area (Å²) in [7, 11) is -2.01. The molecule has 3 aromatic carbocycles. The normalized spacial score (nSPS) is 11.4. The van der Waals surface area contributed by atoms with Crippen LogP contribution in [0.25, 0.3) is 0 Å². The molecule has 0 radical (unpaired) electrons. The lowest BCUT2D eigenvalue weighted by molar-refractivity contribution is -0.128. The van der Waals surface area contributed by atoms with E-state index in [1.54, 1.807) is 0 Å². The van der Waals surface area contributed by atoms with E-state index in [0.29, 0.717) is 6.29 Å². The first-order valence-electron chi connectivity index (χ1n) is 9.28. The topological polar surface area (TPSA) is 29.1 Å². The van der Waals surface area contributed by atoms with Crippen molar-refractivity contribution in [3.05, 3.63) is 91.0 Å². The van der Waals surface area contributed by atoms with Gasteiger partial charge in [-0.05, 0) is 36.4 Å². The van der Waals surface area contributed by atoms with Crippen LogP contribution in [0.1, 0.15) is 20.8 Å². The van der Waals surface area contributed by atoms with E-state index in [9.17, 15) is 4.79 Å². The van der Waals surface area contributed by atoms with Gasteiger partial charge in [-0.1, -0.05) is 75.4 Å². The standard InChI is InChI=1S/C24H26NOP.ClH/c1-24(2,3)23(26)25-19-27(20-13-7-4-8-14-20,21-15-9-5-10-16-21)22-17-11-6-12-18-22;/h4-18H,19H2,1-3H3;1H/p+1. The number of nitrogens with one attached hydrogen (secondary N) is 1. The van der Waals surface area contributed by atoms with Crippen molar-refractivity contribution >= 4 is 41.5 Å². The maximum Gasteiger partial charge on any atom is 0.228 e. The van der Waals surface area contributed by atoms with Gasteiger partial charge in [0, 0.05) is 5.41 Å². The lowest BCUT2D eigenvalue weighted by Gasteiger charge is -2.29. The summed E-state index contributed by atoms with van der Waals surface area (Å²) < 4.78 is 0. The van der Waals surface area contributed by atoms with Gasteiger partial charge in [0.2, 0.25) is 5.91 Å². The Balaban J connectivity index is 0.00000280. The molecular formula is C24H28ClNOP+. The highest BCUT2D eigenvalue weighted by molar-refractivity contribution is 7.95. The number of halogens is 1. The van der Waals surface area contributed by atoms with Gasteiger partial charge in [0.15, 0.2) is 0 Å². The molecule has 1 N–H and O–H groups in total. The van der Waals surface area contributed by atoms with Gasteiger partial charge in [0.25, 0.3) is 0 Å². The predicted molar refractivity (Wildman–Crippen MR) is 125 cm³/mol. The van der Waals surface area contributed by atoms with Gasteiger partial charge in [-0.25, -0.2) is 0 Å². The molecule has 0 heterocycles. The molecule has 0 fully saturated rings. The number of amides is 1. The Hall–Kier alpha value is -2.15. The van der Waals surface area contributed by atoms with Crippen LogP contribution in [-0.2, 0) is 4.79 Å². The predicted octanol–water partition coefficient (Wildman–Crippen LogP) is 4.52. The molecule has 4 heteroatoms. The second-order valence-electron chi connectivity index (χ2n) is 7.73. The van der Waals surface area contributed by atoms with Gasteiger partial charge in [0.1, 0.15) is 29.5 Å². The molecule has 3 aromatic rings. The van der Waals surface area contributed by atoms with Crippen LogP contribution in [0.3, 0.4) is 0 Å². The summed E-state index contributed by atoms with van der Waals surface area (Å²) in [5, 5.41) is 7.09. The van der Waals surface area contributed by atoms with Crippen molar-refractivity contribution in [3.8, 4) is 0 Å². The first kappa shape index (κ1) is 22.1. The minimum absolute atomic E-state index is 0. The zero-order valence-electron chi connectivity index (χ0n) is 16.6. The van der Waals surface area contributed by atoms with Gasteiger partial charge in [-0.3, -0.25) is 4.79 Å². The summed E-state index contributed by atoms with van der Waals surface area (Å²) in [6.07, 6.45) is 0.612. The fourth-order valence-corrected chi connectivity index (χ4v) is 7.09. The average Bonchev–Trinajstić information content (AvgIpc) is 2.70. The van der Waals surface area contributed by atoms with Crippen LogP contribution in [0, 0.1) is 5.41 Å². The van der Waals surface area contributed by atoms with E-state index in [1.807, 2.05) is 39.0 Å². The maximum atomic E-state index is 12.7. The monoisotopic (exact) mass is 412 g/mol. The third-order valence-electron chi connectivity index (χ3n) is 4.75. The van der Waals surface area contributed by atoms with Crippen molar-refractivity contribution in [3.63, 3.8) is 0 Å². The molecule has 0 aromatic heterocycles. The van der Waals surface area contributed by atoms with E-state index in [-0.39, 0.29) is 18.3 Å². The molecule has 0 spiro atoms. The Bertz CT molecular complexity index is 780. The van der Waals surface area contributed by atoms with Crippen LogP contribution < -0.4 is 21.2 Å². The molecule has 1 amide bonds. The van der Waals surface area contributed by atoms with Crippen LogP contribution in [0.4, 0.5) is 0 Å². The lowest BCUT2D eigenvalue weighted by Crippen LogP contribution is -2.43. The molecular weight excluding hydrogens is 385 g/mol. The number of rotatable bonds is 5. The molecule has 28 heavy (non-hydrogen) atoms. The summed E-state index contributed by atoms with van der Waals surface area (Å²) in [5.41, 5.74) is -0.417. The Morgan fingerprint density at radius 3 is 1.32 bits per heavy atom. The molecule has 0 aliphatic rings. The van der Waals surface area contributed by atoms with Crippen molar-refractivity contribution in [2.45, 2.75) is 20.8 Å². The van der Waals surface area contributed by atoms with Crippen LogP contribution in [0.15, 0.2) is 91.0 Å². The highest BCUT2D eigenvalue weighted by Crippen LogP contribution is 2.54. The maximum absolute atomic E-state index is 12.7. The minimum atomic E-state index is -2.01. The molecule has 0 saturated heterocycles. The highest BCUT2D eigenvalue weighted by atomic mass is 35.5. The lowest BCUT2D eigenvalue weighted by atomic mass is 9.96. The van der Waals surface area contributed by atoms with Crippen molar-refractivity contribution in [1.29, 1.82) is 0 Å². The highest BCUT2D eigenvalue weighted by Gasteiger charge is 2.46. The summed E-state index contributed by atoms with van der Waals surface area (Å²) >= 11 is 0. The first-order valence-corrected chi connectivity index (χ1v) is 11.3. The smallest absolute Gasteiger partial charge is 0.228 e. The van der Waals surface area contributed by atoms with Crippen LogP contribution in [0.2, 0.25) is 0 Å². The summed E-state index contributed by atoms with van der Waals surface area (Å²) in [4.78, 5) is 12.7. The zero-order chi connectivity index (χ0) is 19.3. The number of benzene rings is 3. The third kappa shape index (κ3) is 4.63. The number of hydrogen-bond donors (Lipinski definition) is 1. The van der Waals surface area contributed by atoms with Gasteiger partial charge in [-0.15, -0.1) is 12.4 Å². The van der Waals surface area contributed by atoms with E-state index in [4.69, 9.17) is 0 Å². The second kappa shape index (κ2) is 9.37. The molecule has 0 aliphatic heterocycles. The average molecular weight is 413 g/mol. The summed E-state index contributed by atoms with van der Waals surface area (Å²) in [6, 6.07) is 31.8. The molecule has 0 bridgehead atoms. The van der Waals surface area contributed by atoms with Crippen molar-refractivity contribution in [2.75, 3.05) is 6.29 Å². The molecule has 3 rings (SSSR count). The first-order chi connectivity index (χ1) is 12.9.